The third kappa shape index (κ3) is 4.87. The second-order valence-electron chi connectivity index (χ2n) is 8.28. The van der Waals surface area contributed by atoms with Crippen LogP contribution in [0.25, 0.3) is 0 Å². The lowest BCUT2D eigenvalue weighted by molar-refractivity contribution is -0.123. The maximum atomic E-state index is 12.6. The summed E-state index contributed by atoms with van der Waals surface area (Å²) in [7, 11) is 0. The lowest BCUT2D eigenvalue weighted by Crippen LogP contribution is -2.39. The summed E-state index contributed by atoms with van der Waals surface area (Å²) < 4.78 is 1.84. The largest absolute Gasteiger partial charge is 0.351 e. The second-order valence-corrected chi connectivity index (χ2v) is 8.28. The molecular formula is C22H30N6O2. The van der Waals surface area contributed by atoms with Crippen LogP contribution < -0.4 is 10.6 Å². The second kappa shape index (κ2) is 9.38. The van der Waals surface area contributed by atoms with E-state index in [-0.39, 0.29) is 17.9 Å². The molecule has 4 heterocycles. The molecule has 0 saturated carbocycles. The highest BCUT2D eigenvalue weighted by molar-refractivity contribution is 5.95. The van der Waals surface area contributed by atoms with Crippen LogP contribution in [0.3, 0.4) is 0 Å². The molecule has 30 heavy (non-hydrogen) atoms. The van der Waals surface area contributed by atoms with Gasteiger partial charge < -0.3 is 15.5 Å². The molecule has 2 aromatic rings. The van der Waals surface area contributed by atoms with Gasteiger partial charge >= 0.3 is 0 Å². The minimum absolute atomic E-state index is 0.00167. The number of piperidine rings is 1. The van der Waals surface area contributed by atoms with Crippen LogP contribution in [0, 0.1) is 5.92 Å². The van der Waals surface area contributed by atoms with E-state index in [1.165, 1.54) is 0 Å². The average molecular weight is 411 g/mol. The van der Waals surface area contributed by atoms with E-state index in [2.05, 4.69) is 32.5 Å². The zero-order valence-electron chi connectivity index (χ0n) is 17.5. The van der Waals surface area contributed by atoms with Crippen molar-refractivity contribution in [2.75, 3.05) is 19.6 Å². The summed E-state index contributed by atoms with van der Waals surface area (Å²) in [6.07, 6.45) is 8.47. The summed E-state index contributed by atoms with van der Waals surface area (Å²) >= 11 is 0. The predicted octanol–water partition coefficient (Wildman–Crippen LogP) is 1.37. The van der Waals surface area contributed by atoms with Crippen LogP contribution >= 0.6 is 0 Å². The van der Waals surface area contributed by atoms with Gasteiger partial charge in [0.1, 0.15) is 0 Å². The molecule has 160 valence electrons. The first-order chi connectivity index (χ1) is 14.6. The number of nitrogens with one attached hydrogen (secondary N) is 2. The molecule has 0 radical (unpaired) electrons. The Labute approximate surface area is 177 Å². The van der Waals surface area contributed by atoms with Crippen molar-refractivity contribution >= 4 is 11.8 Å². The molecule has 1 unspecified atom stereocenters. The van der Waals surface area contributed by atoms with Crippen molar-refractivity contribution in [3.05, 3.63) is 47.5 Å². The van der Waals surface area contributed by atoms with Crippen LogP contribution in [0.1, 0.15) is 47.8 Å². The molecule has 0 aromatic carbocycles. The van der Waals surface area contributed by atoms with Gasteiger partial charge in [0.2, 0.25) is 5.91 Å². The third-order valence-electron chi connectivity index (χ3n) is 6.20. The first-order valence-electron chi connectivity index (χ1n) is 10.9. The molecule has 8 nitrogen and oxygen atoms in total. The quantitative estimate of drug-likeness (QED) is 0.719. The van der Waals surface area contributed by atoms with Crippen molar-refractivity contribution < 1.29 is 9.59 Å². The summed E-state index contributed by atoms with van der Waals surface area (Å²) in [4.78, 5) is 31.6. The number of nitrogens with zero attached hydrogens (tertiary/aromatic N) is 4. The van der Waals surface area contributed by atoms with Crippen LogP contribution in [0.5, 0.6) is 0 Å². The topological polar surface area (TPSA) is 92.2 Å². The first kappa shape index (κ1) is 20.5. The van der Waals surface area contributed by atoms with E-state index in [1.54, 1.807) is 18.6 Å². The Morgan fingerprint density at radius 3 is 2.80 bits per heavy atom. The zero-order valence-corrected chi connectivity index (χ0v) is 17.5. The molecule has 4 rings (SSSR count). The summed E-state index contributed by atoms with van der Waals surface area (Å²) in [5, 5.41) is 10.4. The number of hydrogen-bond donors (Lipinski definition) is 2. The third-order valence-corrected chi connectivity index (χ3v) is 6.20. The number of carbonyl (C=O) groups excluding carboxylic acids is 2. The molecule has 2 aromatic heterocycles. The van der Waals surface area contributed by atoms with Crippen molar-refractivity contribution in [1.29, 1.82) is 0 Å². The number of pyridine rings is 1. The highest BCUT2D eigenvalue weighted by atomic mass is 16.2. The van der Waals surface area contributed by atoms with Crippen molar-refractivity contribution in [2.45, 2.75) is 51.7 Å². The number of likely N-dealkylation sites (tertiary alicyclic amines) is 1. The van der Waals surface area contributed by atoms with Crippen LogP contribution in [0.2, 0.25) is 0 Å². The number of amides is 2. The predicted molar refractivity (Wildman–Crippen MR) is 113 cm³/mol. The van der Waals surface area contributed by atoms with Gasteiger partial charge in [-0.2, -0.15) is 5.10 Å². The average Bonchev–Trinajstić information content (AvgIpc) is 3.33. The van der Waals surface area contributed by atoms with Gasteiger partial charge in [-0.05, 0) is 50.0 Å². The fourth-order valence-electron chi connectivity index (χ4n) is 4.41. The van der Waals surface area contributed by atoms with Crippen molar-refractivity contribution in [1.82, 2.24) is 30.3 Å². The molecule has 2 amide bonds. The van der Waals surface area contributed by atoms with Crippen LogP contribution in [0.15, 0.2) is 30.7 Å². The van der Waals surface area contributed by atoms with Gasteiger partial charge in [0.15, 0.2) is 0 Å². The van der Waals surface area contributed by atoms with Crippen LogP contribution in [0.4, 0.5) is 0 Å². The number of hydrogen-bond acceptors (Lipinski definition) is 5. The lowest BCUT2D eigenvalue weighted by atomic mass is 9.93. The smallest absolute Gasteiger partial charge is 0.255 e. The molecule has 2 aliphatic rings. The molecule has 2 aliphatic heterocycles. The molecule has 1 atom stereocenters. The highest BCUT2D eigenvalue weighted by Crippen LogP contribution is 2.22. The van der Waals surface area contributed by atoms with E-state index >= 15 is 0 Å². The van der Waals surface area contributed by atoms with Crippen LogP contribution in [-0.2, 0) is 24.3 Å². The summed E-state index contributed by atoms with van der Waals surface area (Å²) in [5.41, 5.74) is 2.42. The van der Waals surface area contributed by atoms with Gasteiger partial charge in [-0.1, -0.05) is 13.0 Å². The number of aromatic nitrogens is 3. The molecular weight excluding hydrogens is 380 g/mol. The van der Waals surface area contributed by atoms with Gasteiger partial charge in [0.05, 0.1) is 30.0 Å². The first-order valence-corrected chi connectivity index (χ1v) is 10.9. The fourth-order valence-corrected chi connectivity index (χ4v) is 4.41. The van der Waals surface area contributed by atoms with E-state index < -0.39 is 0 Å². The summed E-state index contributed by atoms with van der Waals surface area (Å²) in [5.74, 6) is 0.443. The Hall–Kier alpha value is -2.74. The summed E-state index contributed by atoms with van der Waals surface area (Å²) in [6.45, 7) is 6.49. The molecule has 1 fully saturated rings. The minimum atomic E-state index is -0.144. The monoisotopic (exact) mass is 410 g/mol. The van der Waals surface area contributed by atoms with Gasteiger partial charge in [0.25, 0.3) is 5.91 Å². The minimum Gasteiger partial charge on any atom is -0.351 e. The van der Waals surface area contributed by atoms with E-state index in [0.29, 0.717) is 37.4 Å². The molecule has 0 spiro atoms. The van der Waals surface area contributed by atoms with Crippen LogP contribution in [-0.4, -0.2) is 57.2 Å². The van der Waals surface area contributed by atoms with E-state index in [0.717, 1.165) is 43.7 Å². The number of fused-ring (bicyclic) bond motifs is 1. The Balaban J connectivity index is 1.26. The van der Waals surface area contributed by atoms with Crippen molar-refractivity contribution in [2.24, 2.45) is 5.92 Å². The van der Waals surface area contributed by atoms with Gasteiger partial charge in [-0.3, -0.25) is 19.3 Å². The Kier molecular flexibility index (Phi) is 6.42. The Morgan fingerprint density at radius 2 is 2.07 bits per heavy atom. The van der Waals surface area contributed by atoms with E-state index in [9.17, 15) is 9.59 Å². The molecule has 2 N–H and O–H groups in total. The molecule has 0 bridgehead atoms. The molecule has 0 aliphatic carbocycles. The standard InChI is InChI=1S/C22H30N6O2/c1-2-27-8-5-16(6-9-27)10-21(29)26-18-11-20-19(14-25-28(20)15-18)22(30)24-13-17-4-3-7-23-12-17/h3-4,7,12,14,16,18H,2,5-6,8-11,13,15H2,1H3,(H,24,30)(H,26,29). The van der Waals surface area contributed by atoms with Gasteiger partial charge in [-0.15, -0.1) is 0 Å². The molecule has 1 saturated heterocycles. The Morgan fingerprint density at radius 1 is 1.23 bits per heavy atom. The Bertz CT molecular complexity index is 873. The normalized spacial score (nSPS) is 19.4. The maximum absolute atomic E-state index is 12.6. The number of carbonyl (C=O) groups is 2. The highest BCUT2D eigenvalue weighted by Gasteiger charge is 2.29. The molecule has 8 heteroatoms. The fraction of sp³-hybridized carbons (Fsp3) is 0.545. The van der Waals surface area contributed by atoms with Gasteiger partial charge in [0, 0.05) is 31.8 Å². The lowest BCUT2D eigenvalue weighted by Gasteiger charge is -2.30. The number of rotatable bonds is 7. The van der Waals surface area contributed by atoms with Crippen molar-refractivity contribution in [3.8, 4) is 0 Å². The van der Waals surface area contributed by atoms with Gasteiger partial charge in [-0.25, -0.2) is 0 Å². The SMILES string of the molecule is CCN1CCC(CC(=O)NC2Cc3c(C(=O)NCc4cccnc4)cnn3C2)CC1. The van der Waals surface area contributed by atoms with E-state index in [4.69, 9.17) is 0 Å². The van der Waals surface area contributed by atoms with E-state index in [1.807, 2.05) is 16.8 Å². The van der Waals surface area contributed by atoms with Crippen molar-refractivity contribution in [3.63, 3.8) is 0 Å². The maximum Gasteiger partial charge on any atom is 0.255 e. The zero-order chi connectivity index (χ0) is 20.9. The summed E-state index contributed by atoms with van der Waals surface area (Å²) in [6, 6.07) is 3.77.